The molecule has 0 N–H and O–H groups in total. The minimum atomic E-state index is 0. The van der Waals surface area contributed by atoms with E-state index in [9.17, 15) is 0 Å². The van der Waals surface area contributed by atoms with Gasteiger partial charge in [0.15, 0.2) is 11.0 Å². The summed E-state index contributed by atoms with van der Waals surface area (Å²) >= 11 is 0. The molecule has 0 saturated heterocycles. The van der Waals surface area contributed by atoms with Crippen molar-refractivity contribution in [3.05, 3.63) is 43.2 Å². The van der Waals surface area contributed by atoms with Crippen LogP contribution in [0.25, 0.3) is 11.0 Å². The third-order valence-corrected chi connectivity index (χ3v) is 2.21. The summed E-state index contributed by atoms with van der Waals surface area (Å²) in [6, 6.07) is 8.36. The molecule has 0 atom stereocenters. The van der Waals surface area contributed by atoms with Crippen LogP contribution < -0.4 is 21.5 Å². The molecule has 3 heteroatoms. The molecular weight excluding hydrogens is 240 g/mol. The Kier molecular flexibility index (Phi) is 3.47. The highest BCUT2D eigenvalue weighted by molar-refractivity contribution is 5.71. The van der Waals surface area contributed by atoms with Gasteiger partial charge >= 0.3 is 0 Å². The Morgan fingerprint density at radius 1 is 1.43 bits per heavy atom. The lowest BCUT2D eigenvalue weighted by Crippen LogP contribution is -3.00. The Morgan fingerprint density at radius 2 is 2.14 bits per heavy atom. The lowest BCUT2D eigenvalue weighted by Gasteiger charge is -1.89. The number of halogens is 1. The molecule has 0 bridgehead atoms. The monoisotopic (exact) mass is 252 g/mol. The second-order valence-corrected chi connectivity index (χ2v) is 3.16. The summed E-state index contributed by atoms with van der Waals surface area (Å²) in [5, 5.41) is 0. The predicted molar refractivity (Wildman–Crippen MR) is 53.3 cm³/mol. The molecule has 0 radical (unpaired) electrons. The number of rotatable bonds is 2. The van der Waals surface area contributed by atoms with Gasteiger partial charge in [-0.05, 0) is 12.1 Å². The van der Waals surface area contributed by atoms with Crippen LogP contribution in [0.1, 0.15) is 0 Å². The number of aromatic nitrogens is 2. The average molecular weight is 253 g/mol. The summed E-state index contributed by atoms with van der Waals surface area (Å²) in [6.07, 6.45) is 4.00. The molecular formula is C11H13BrN2. The normalized spacial score (nSPS) is 9.79. The first-order chi connectivity index (χ1) is 6.33. The largest absolute Gasteiger partial charge is 1.00 e. The van der Waals surface area contributed by atoms with Crippen molar-refractivity contribution < 1.29 is 21.5 Å². The molecule has 2 nitrogen and oxygen atoms in total. The van der Waals surface area contributed by atoms with E-state index in [1.807, 2.05) is 6.08 Å². The molecule has 0 spiro atoms. The van der Waals surface area contributed by atoms with Gasteiger partial charge in [-0.3, -0.25) is 0 Å². The third-order valence-electron chi connectivity index (χ3n) is 2.21. The Balaban J connectivity index is 0.000000980. The maximum absolute atomic E-state index is 3.74. The van der Waals surface area contributed by atoms with Crippen LogP contribution in [0.15, 0.2) is 43.2 Å². The molecule has 0 aliphatic rings. The van der Waals surface area contributed by atoms with Crippen molar-refractivity contribution in [3.8, 4) is 0 Å². The van der Waals surface area contributed by atoms with E-state index in [2.05, 4.69) is 53.4 Å². The van der Waals surface area contributed by atoms with Gasteiger partial charge in [-0.15, -0.1) is 0 Å². The Hall–Kier alpha value is -1.09. The fourth-order valence-electron chi connectivity index (χ4n) is 1.62. The fraction of sp³-hybridized carbons (Fsp3) is 0.182. The number of fused-ring (bicyclic) bond motifs is 1. The Bertz CT molecular complexity index is 445. The maximum atomic E-state index is 3.74. The summed E-state index contributed by atoms with van der Waals surface area (Å²) < 4.78 is 4.31. The molecule has 0 amide bonds. The third kappa shape index (κ3) is 1.73. The second kappa shape index (κ2) is 4.42. The lowest BCUT2D eigenvalue weighted by atomic mass is 10.3. The Morgan fingerprint density at radius 3 is 2.86 bits per heavy atom. The quantitative estimate of drug-likeness (QED) is 0.462. The van der Waals surface area contributed by atoms with Crippen molar-refractivity contribution >= 4 is 11.0 Å². The van der Waals surface area contributed by atoms with E-state index in [1.54, 1.807) is 0 Å². The summed E-state index contributed by atoms with van der Waals surface area (Å²) in [6.45, 7) is 4.60. The first kappa shape index (κ1) is 11.0. The molecule has 74 valence electrons. The summed E-state index contributed by atoms with van der Waals surface area (Å²) in [5.74, 6) is 0. The Labute approximate surface area is 94.2 Å². The summed E-state index contributed by atoms with van der Waals surface area (Å²) in [5.41, 5.74) is 2.51. The zero-order valence-electron chi connectivity index (χ0n) is 8.15. The van der Waals surface area contributed by atoms with E-state index in [0.29, 0.717) is 0 Å². The zero-order valence-corrected chi connectivity index (χ0v) is 9.74. The maximum Gasteiger partial charge on any atom is 0.244 e. The number of aryl methyl sites for hydroxylation is 1. The van der Waals surface area contributed by atoms with E-state index >= 15 is 0 Å². The van der Waals surface area contributed by atoms with Gasteiger partial charge in [-0.2, -0.15) is 0 Å². The number of hydrogen-bond acceptors (Lipinski definition) is 0. The van der Waals surface area contributed by atoms with E-state index in [1.165, 1.54) is 11.0 Å². The molecule has 0 unspecified atom stereocenters. The molecule has 1 aromatic carbocycles. The van der Waals surface area contributed by atoms with Gasteiger partial charge in [0.25, 0.3) is 0 Å². The van der Waals surface area contributed by atoms with E-state index in [-0.39, 0.29) is 17.0 Å². The van der Waals surface area contributed by atoms with Crippen molar-refractivity contribution in [1.29, 1.82) is 0 Å². The van der Waals surface area contributed by atoms with Crippen LogP contribution >= 0.6 is 0 Å². The van der Waals surface area contributed by atoms with Crippen molar-refractivity contribution in [3.63, 3.8) is 0 Å². The predicted octanol–water partition coefficient (Wildman–Crippen LogP) is -1.34. The smallest absolute Gasteiger partial charge is 0.244 e. The van der Waals surface area contributed by atoms with Crippen LogP contribution in [0.4, 0.5) is 0 Å². The molecule has 14 heavy (non-hydrogen) atoms. The van der Waals surface area contributed by atoms with E-state index < -0.39 is 0 Å². The number of allylic oxidation sites excluding steroid dienone is 1. The van der Waals surface area contributed by atoms with Gasteiger partial charge in [-0.25, -0.2) is 9.13 Å². The van der Waals surface area contributed by atoms with Crippen LogP contribution in [0.2, 0.25) is 0 Å². The molecule has 0 aliphatic heterocycles. The van der Waals surface area contributed by atoms with Gasteiger partial charge in [-0.1, -0.05) is 24.8 Å². The highest BCUT2D eigenvalue weighted by Gasteiger charge is 2.09. The first-order valence-corrected chi connectivity index (χ1v) is 4.37. The summed E-state index contributed by atoms with van der Waals surface area (Å²) in [4.78, 5) is 0. The molecule has 1 aromatic heterocycles. The van der Waals surface area contributed by atoms with Crippen molar-refractivity contribution in [2.75, 3.05) is 0 Å². The number of hydrogen-bond donors (Lipinski definition) is 0. The average Bonchev–Trinajstić information content (AvgIpc) is 2.46. The van der Waals surface area contributed by atoms with Crippen LogP contribution in [-0.2, 0) is 13.6 Å². The number of para-hydroxylation sites is 2. The first-order valence-electron chi connectivity index (χ1n) is 4.37. The molecule has 0 saturated carbocycles. The van der Waals surface area contributed by atoms with Crippen LogP contribution in [0.3, 0.4) is 0 Å². The van der Waals surface area contributed by atoms with Gasteiger partial charge in [0.1, 0.15) is 6.54 Å². The highest BCUT2D eigenvalue weighted by Crippen LogP contribution is 2.09. The van der Waals surface area contributed by atoms with Crippen LogP contribution in [0.5, 0.6) is 0 Å². The van der Waals surface area contributed by atoms with Gasteiger partial charge in [0.2, 0.25) is 6.33 Å². The van der Waals surface area contributed by atoms with E-state index in [4.69, 9.17) is 0 Å². The molecule has 2 aromatic rings. The SMILES string of the molecule is C=CCn1c[n+](C)c2ccccc21.[Br-]. The minimum Gasteiger partial charge on any atom is -1.00 e. The van der Waals surface area contributed by atoms with Gasteiger partial charge < -0.3 is 17.0 Å². The van der Waals surface area contributed by atoms with Crippen LogP contribution in [-0.4, -0.2) is 4.57 Å². The second-order valence-electron chi connectivity index (χ2n) is 3.16. The minimum absolute atomic E-state index is 0. The zero-order chi connectivity index (χ0) is 9.26. The molecule has 2 rings (SSSR count). The van der Waals surface area contributed by atoms with Gasteiger partial charge in [0.05, 0.1) is 7.05 Å². The number of benzene rings is 1. The van der Waals surface area contributed by atoms with Crippen LogP contribution in [0, 0.1) is 0 Å². The van der Waals surface area contributed by atoms with Crippen molar-refractivity contribution in [2.24, 2.45) is 7.05 Å². The van der Waals surface area contributed by atoms with Crippen molar-refractivity contribution in [2.45, 2.75) is 6.54 Å². The molecule has 0 aliphatic carbocycles. The summed E-state index contributed by atoms with van der Waals surface area (Å²) in [7, 11) is 2.06. The standard InChI is InChI=1S/C11H13N2.BrH/c1-3-8-13-9-12(2)10-6-4-5-7-11(10)13;/h3-7,9H,1,8H2,2H3;1H/q+1;/p-1. The molecule has 1 heterocycles. The number of imidazole rings is 1. The highest BCUT2D eigenvalue weighted by atomic mass is 79.9. The van der Waals surface area contributed by atoms with E-state index in [0.717, 1.165) is 6.54 Å². The molecule has 0 fully saturated rings. The fourth-order valence-corrected chi connectivity index (χ4v) is 1.62. The lowest BCUT2D eigenvalue weighted by molar-refractivity contribution is -0.645. The topological polar surface area (TPSA) is 8.81 Å². The van der Waals surface area contributed by atoms with Gasteiger partial charge in [0, 0.05) is 0 Å². The number of nitrogens with zero attached hydrogens (tertiary/aromatic N) is 2. The van der Waals surface area contributed by atoms with Crippen molar-refractivity contribution in [1.82, 2.24) is 4.57 Å².